The van der Waals surface area contributed by atoms with Gasteiger partial charge in [-0.2, -0.15) is 4.98 Å². The number of nitrogens with zero attached hydrogens (tertiary/aromatic N) is 2. The SMILES string of the molecule is Cc1nc(C2(NC(=O)CNCC3CC3)CCCC2)no1. The van der Waals surface area contributed by atoms with Crippen LogP contribution < -0.4 is 10.6 Å². The third kappa shape index (κ3) is 3.00. The van der Waals surface area contributed by atoms with Gasteiger partial charge in [-0.3, -0.25) is 4.79 Å². The van der Waals surface area contributed by atoms with Crippen LogP contribution in [0.2, 0.25) is 0 Å². The number of aromatic nitrogens is 2. The van der Waals surface area contributed by atoms with Gasteiger partial charge in [0, 0.05) is 6.92 Å². The number of hydrogen-bond donors (Lipinski definition) is 2. The lowest BCUT2D eigenvalue weighted by Gasteiger charge is -2.26. The van der Waals surface area contributed by atoms with Crippen molar-refractivity contribution >= 4 is 5.91 Å². The molecule has 3 rings (SSSR count). The van der Waals surface area contributed by atoms with Crippen molar-refractivity contribution in [2.45, 2.75) is 51.0 Å². The molecule has 0 unspecified atom stereocenters. The van der Waals surface area contributed by atoms with E-state index in [1.807, 2.05) is 0 Å². The molecule has 2 N–H and O–H groups in total. The summed E-state index contributed by atoms with van der Waals surface area (Å²) in [5.74, 6) is 1.98. The van der Waals surface area contributed by atoms with Crippen molar-refractivity contribution in [3.63, 3.8) is 0 Å². The fraction of sp³-hybridized carbons (Fsp3) is 0.786. The summed E-state index contributed by atoms with van der Waals surface area (Å²) >= 11 is 0. The summed E-state index contributed by atoms with van der Waals surface area (Å²) in [4.78, 5) is 16.4. The highest BCUT2D eigenvalue weighted by atomic mass is 16.5. The summed E-state index contributed by atoms with van der Waals surface area (Å²) in [6, 6.07) is 0. The standard InChI is InChI=1S/C14H22N4O2/c1-10-16-13(18-20-10)14(6-2-3-7-14)17-12(19)9-15-8-11-4-5-11/h11,15H,2-9H2,1H3,(H,17,19). The summed E-state index contributed by atoms with van der Waals surface area (Å²) in [7, 11) is 0. The van der Waals surface area contributed by atoms with Crippen molar-refractivity contribution in [2.24, 2.45) is 5.92 Å². The largest absolute Gasteiger partial charge is 0.342 e. The van der Waals surface area contributed by atoms with Gasteiger partial charge in [-0.25, -0.2) is 0 Å². The zero-order chi connectivity index (χ0) is 14.0. The Labute approximate surface area is 118 Å². The van der Waals surface area contributed by atoms with E-state index in [1.54, 1.807) is 6.92 Å². The molecule has 0 atom stereocenters. The number of hydrogen-bond acceptors (Lipinski definition) is 5. The molecule has 2 fully saturated rings. The van der Waals surface area contributed by atoms with Gasteiger partial charge in [0.05, 0.1) is 6.54 Å². The summed E-state index contributed by atoms with van der Waals surface area (Å²) in [6.45, 7) is 3.09. The predicted molar refractivity (Wildman–Crippen MR) is 72.9 cm³/mol. The van der Waals surface area contributed by atoms with Gasteiger partial charge >= 0.3 is 0 Å². The second-order valence-corrected chi connectivity index (χ2v) is 6.05. The van der Waals surface area contributed by atoms with E-state index < -0.39 is 5.54 Å². The fourth-order valence-corrected chi connectivity index (χ4v) is 2.90. The van der Waals surface area contributed by atoms with Gasteiger partial charge in [-0.1, -0.05) is 18.0 Å². The molecule has 1 heterocycles. The first kappa shape index (κ1) is 13.5. The molecule has 1 amide bonds. The van der Waals surface area contributed by atoms with Gasteiger partial charge in [0.15, 0.2) is 5.82 Å². The molecular weight excluding hydrogens is 256 g/mol. The first-order valence-electron chi connectivity index (χ1n) is 7.50. The number of carbonyl (C=O) groups is 1. The van der Waals surface area contributed by atoms with Crippen LogP contribution in [0.5, 0.6) is 0 Å². The predicted octanol–water partition coefficient (Wildman–Crippen LogP) is 1.26. The minimum Gasteiger partial charge on any atom is -0.342 e. The Morgan fingerprint density at radius 1 is 1.40 bits per heavy atom. The van der Waals surface area contributed by atoms with Crippen LogP contribution in [0.3, 0.4) is 0 Å². The van der Waals surface area contributed by atoms with Crippen LogP contribution in [0.25, 0.3) is 0 Å². The molecule has 0 saturated heterocycles. The average Bonchev–Trinajstić information content (AvgIpc) is 2.93. The zero-order valence-corrected chi connectivity index (χ0v) is 11.9. The lowest BCUT2D eigenvalue weighted by Crippen LogP contribution is -2.48. The Morgan fingerprint density at radius 2 is 2.15 bits per heavy atom. The van der Waals surface area contributed by atoms with E-state index in [-0.39, 0.29) is 5.91 Å². The highest BCUT2D eigenvalue weighted by molar-refractivity contribution is 5.79. The minimum absolute atomic E-state index is 0.0232. The van der Waals surface area contributed by atoms with Crippen LogP contribution in [0.1, 0.15) is 50.2 Å². The van der Waals surface area contributed by atoms with E-state index >= 15 is 0 Å². The molecule has 0 radical (unpaired) electrons. The molecule has 0 bridgehead atoms. The Morgan fingerprint density at radius 3 is 2.75 bits per heavy atom. The van der Waals surface area contributed by atoms with Crippen molar-refractivity contribution in [3.8, 4) is 0 Å². The molecule has 0 aliphatic heterocycles. The lowest BCUT2D eigenvalue weighted by atomic mass is 9.96. The van der Waals surface area contributed by atoms with Crippen molar-refractivity contribution in [3.05, 3.63) is 11.7 Å². The third-order valence-corrected chi connectivity index (χ3v) is 4.21. The smallest absolute Gasteiger partial charge is 0.234 e. The molecule has 0 aromatic carbocycles. The number of carbonyl (C=O) groups excluding carboxylic acids is 1. The van der Waals surface area contributed by atoms with Gasteiger partial charge in [-0.05, 0) is 38.1 Å². The number of amides is 1. The quantitative estimate of drug-likeness (QED) is 0.819. The molecule has 6 heteroatoms. The molecular formula is C14H22N4O2. The first-order valence-corrected chi connectivity index (χ1v) is 7.50. The maximum Gasteiger partial charge on any atom is 0.234 e. The fourth-order valence-electron chi connectivity index (χ4n) is 2.90. The summed E-state index contributed by atoms with van der Waals surface area (Å²) in [6.07, 6.45) is 6.54. The van der Waals surface area contributed by atoms with Crippen molar-refractivity contribution in [1.82, 2.24) is 20.8 Å². The Bertz CT molecular complexity index is 475. The second-order valence-electron chi connectivity index (χ2n) is 6.05. The van der Waals surface area contributed by atoms with Crippen molar-refractivity contribution in [1.29, 1.82) is 0 Å². The normalized spacial score (nSPS) is 21.1. The lowest BCUT2D eigenvalue weighted by molar-refractivity contribution is -0.122. The van der Waals surface area contributed by atoms with Crippen LogP contribution in [-0.2, 0) is 10.3 Å². The van der Waals surface area contributed by atoms with Gasteiger partial charge in [0.2, 0.25) is 11.8 Å². The molecule has 110 valence electrons. The van der Waals surface area contributed by atoms with Gasteiger partial charge in [-0.15, -0.1) is 0 Å². The van der Waals surface area contributed by atoms with E-state index in [0.29, 0.717) is 18.3 Å². The van der Waals surface area contributed by atoms with Crippen LogP contribution in [0.4, 0.5) is 0 Å². The molecule has 6 nitrogen and oxygen atoms in total. The summed E-state index contributed by atoms with van der Waals surface area (Å²) in [5, 5.41) is 10.4. The minimum atomic E-state index is -0.421. The van der Waals surface area contributed by atoms with E-state index in [2.05, 4.69) is 20.8 Å². The highest BCUT2D eigenvalue weighted by Crippen LogP contribution is 2.37. The molecule has 2 saturated carbocycles. The number of aryl methyl sites for hydroxylation is 1. The molecule has 1 aromatic heterocycles. The van der Waals surface area contributed by atoms with E-state index in [4.69, 9.17) is 4.52 Å². The zero-order valence-electron chi connectivity index (χ0n) is 11.9. The average molecular weight is 278 g/mol. The van der Waals surface area contributed by atoms with Crippen molar-refractivity contribution in [2.75, 3.05) is 13.1 Å². The first-order chi connectivity index (χ1) is 9.68. The monoisotopic (exact) mass is 278 g/mol. The summed E-state index contributed by atoms with van der Waals surface area (Å²) < 4.78 is 5.08. The maximum absolute atomic E-state index is 12.1. The van der Waals surface area contributed by atoms with Gasteiger partial charge in [0.25, 0.3) is 0 Å². The van der Waals surface area contributed by atoms with Gasteiger partial charge in [0.1, 0.15) is 5.54 Å². The van der Waals surface area contributed by atoms with Crippen LogP contribution in [0, 0.1) is 12.8 Å². The van der Waals surface area contributed by atoms with Crippen LogP contribution >= 0.6 is 0 Å². The number of nitrogens with one attached hydrogen (secondary N) is 2. The Balaban J connectivity index is 1.60. The molecule has 20 heavy (non-hydrogen) atoms. The van der Waals surface area contributed by atoms with E-state index in [9.17, 15) is 4.79 Å². The number of rotatable bonds is 6. The Hall–Kier alpha value is -1.43. The molecule has 1 aromatic rings. The van der Waals surface area contributed by atoms with Gasteiger partial charge < -0.3 is 15.2 Å². The van der Waals surface area contributed by atoms with Crippen LogP contribution in [-0.4, -0.2) is 29.1 Å². The summed E-state index contributed by atoms with van der Waals surface area (Å²) in [5.41, 5.74) is -0.421. The van der Waals surface area contributed by atoms with Crippen LogP contribution in [0.15, 0.2) is 4.52 Å². The molecule has 2 aliphatic carbocycles. The molecule has 0 spiro atoms. The topological polar surface area (TPSA) is 80.0 Å². The second kappa shape index (κ2) is 5.52. The highest BCUT2D eigenvalue weighted by Gasteiger charge is 2.41. The van der Waals surface area contributed by atoms with E-state index in [1.165, 1.54) is 12.8 Å². The van der Waals surface area contributed by atoms with Crippen molar-refractivity contribution < 1.29 is 9.32 Å². The molecule has 2 aliphatic rings. The maximum atomic E-state index is 12.1. The van der Waals surface area contributed by atoms with E-state index in [0.717, 1.165) is 38.1 Å². The third-order valence-electron chi connectivity index (χ3n) is 4.21. The Kier molecular flexibility index (Phi) is 3.74.